The van der Waals surface area contributed by atoms with E-state index in [1.54, 1.807) is 0 Å². The first-order valence-electron chi connectivity index (χ1n) is 4.15. The van der Waals surface area contributed by atoms with Crippen molar-refractivity contribution in [2.75, 3.05) is 0 Å². The Bertz CT molecular complexity index is 408. The Hall–Kier alpha value is -1.52. The average Bonchev–Trinajstić information content (AvgIpc) is 1.99. The lowest BCUT2D eigenvalue weighted by Gasteiger charge is -2.14. The first-order valence-corrected chi connectivity index (χ1v) is 4.15. The summed E-state index contributed by atoms with van der Waals surface area (Å²) < 4.78 is 37.7. The van der Waals surface area contributed by atoms with Gasteiger partial charge >= 0.3 is 6.18 Å². The molecule has 82 valence electrons. The Morgan fingerprint density at radius 2 is 1.87 bits per heavy atom. The van der Waals surface area contributed by atoms with Crippen LogP contribution >= 0.6 is 0 Å². The van der Waals surface area contributed by atoms with Gasteiger partial charge in [-0.2, -0.15) is 13.2 Å². The number of Topliss-reactive ketones (excluding diaryl/α,β-unsaturated/α-hetero) is 1. The van der Waals surface area contributed by atoms with E-state index in [0.29, 0.717) is 0 Å². The molecule has 1 aromatic rings. The molecule has 5 heteroatoms. The number of phenolic OH excluding ortho intramolecular Hbond substituents is 1. The molecule has 1 N–H and O–H groups in total. The molecule has 0 heterocycles. The van der Waals surface area contributed by atoms with Gasteiger partial charge in [-0.15, -0.1) is 0 Å². The second kappa shape index (κ2) is 3.56. The summed E-state index contributed by atoms with van der Waals surface area (Å²) in [6, 6.07) is 1.81. The van der Waals surface area contributed by atoms with Crippen LogP contribution < -0.4 is 0 Å². The highest BCUT2D eigenvalue weighted by Gasteiger charge is 2.36. The topological polar surface area (TPSA) is 37.3 Å². The molecule has 0 aliphatic heterocycles. The molecule has 0 fully saturated rings. The summed E-state index contributed by atoms with van der Waals surface area (Å²) in [6.45, 7) is 2.23. The summed E-state index contributed by atoms with van der Waals surface area (Å²) >= 11 is 0. The minimum atomic E-state index is -4.58. The molecule has 0 saturated carbocycles. The first kappa shape index (κ1) is 11.6. The molecular weight excluding hydrogens is 209 g/mol. The van der Waals surface area contributed by atoms with Gasteiger partial charge in [-0.1, -0.05) is 0 Å². The van der Waals surface area contributed by atoms with E-state index < -0.39 is 23.1 Å². The van der Waals surface area contributed by atoms with Gasteiger partial charge in [0.25, 0.3) is 0 Å². The summed E-state index contributed by atoms with van der Waals surface area (Å²) in [5, 5.41) is 9.11. The zero-order valence-corrected chi connectivity index (χ0v) is 8.14. The van der Waals surface area contributed by atoms with Crippen LogP contribution in [0.1, 0.15) is 28.4 Å². The van der Waals surface area contributed by atoms with Crippen molar-refractivity contribution < 1.29 is 23.1 Å². The maximum Gasteiger partial charge on any atom is 0.417 e. The van der Waals surface area contributed by atoms with Gasteiger partial charge < -0.3 is 5.11 Å². The summed E-state index contributed by atoms with van der Waals surface area (Å²) in [7, 11) is 0. The number of alkyl halides is 3. The molecule has 0 aliphatic rings. The number of aryl methyl sites for hydroxylation is 1. The predicted octanol–water partition coefficient (Wildman–Crippen LogP) is 2.92. The standard InChI is InChI=1S/C10H9F3O2/c1-5-3-7(15)4-8(6(2)14)9(5)10(11,12)13/h3-4,15H,1-2H3. The molecule has 0 atom stereocenters. The van der Waals surface area contributed by atoms with Crippen molar-refractivity contribution in [2.45, 2.75) is 20.0 Å². The summed E-state index contributed by atoms with van der Waals surface area (Å²) in [5.41, 5.74) is -1.64. The van der Waals surface area contributed by atoms with E-state index >= 15 is 0 Å². The fraction of sp³-hybridized carbons (Fsp3) is 0.300. The lowest BCUT2D eigenvalue weighted by atomic mass is 9.98. The van der Waals surface area contributed by atoms with Gasteiger partial charge in [0, 0.05) is 5.56 Å². The number of benzene rings is 1. The van der Waals surface area contributed by atoms with E-state index in [0.717, 1.165) is 19.1 Å². The SMILES string of the molecule is CC(=O)c1cc(O)cc(C)c1C(F)(F)F. The van der Waals surface area contributed by atoms with E-state index in [1.807, 2.05) is 0 Å². The van der Waals surface area contributed by atoms with Crippen LogP contribution in [0, 0.1) is 6.92 Å². The van der Waals surface area contributed by atoms with Crippen molar-refractivity contribution in [3.8, 4) is 5.75 Å². The Morgan fingerprint density at radius 3 is 2.27 bits per heavy atom. The van der Waals surface area contributed by atoms with Gasteiger partial charge in [-0.25, -0.2) is 0 Å². The normalized spacial score (nSPS) is 11.5. The number of phenols is 1. The number of carbonyl (C=O) groups is 1. The lowest BCUT2D eigenvalue weighted by molar-refractivity contribution is -0.138. The molecule has 0 radical (unpaired) electrons. The van der Waals surface area contributed by atoms with Crippen molar-refractivity contribution in [3.63, 3.8) is 0 Å². The number of rotatable bonds is 1. The second-order valence-electron chi connectivity index (χ2n) is 3.24. The van der Waals surface area contributed by atoms with Gasteiger partial charge in [0.05, 0.1) is 5.56 Å². The third-order valence-corrected chi connectivity index (χ3v) is 1.98. The number of hydrogen-bond acceptors (Lipinski definition) is 2. The molecule has 1 aromatic carbocycles. The van der Waals surface area contributed by atoms with E-state index in [-0.39, 0.29) is 11.3 Å². The number of ketones is 1. The van der Waals surface area contributed by atoms with Crippen LogP contribution in [-0.4, -0.2) is 10.9 Å². The Labute approximate surface area is 84.3 Å². The number of aromatic hydroxyl groups is 1. The van der Waals surface area contributed by atoms with Gasteiger partial charge in [-0.3, -0.25) is 4.79 Å². The molecular formula is C10H9F3O2. The molecule has 0 aliphatic carbocycles. The van der Waals surface area contributed by atoms with Crippen LogP contribution in [0.15, 0.2) is 12.1 Å². The van der Waals surface area contributed by atoms with Crippen LogP contribution in [0.25, 0.3) is 0 Å². The summed E-state index contributed by atoms with van der Waals surface area (Å²) in [5.74, 6) is -1.06. The highest BCUT2D eigenvalue weighted by Crippen LogP contribution is 2.36. The summed E-state index contributed by atoms with van der Waals surface area (Å²) in [6.07, 6.45) is -4.58. The maximum absolute atomic E-state index is 12.6. The molecule has 1 rings (SSSR count). The second-order valence-corrected chi connectivity index (χ2v) is 3.24. The van der Waals surface area contributed by atoms with Crippen LogP contribution in [0.4, 0.5) is 13.2 Å². The van der Waals surface area contributed by atoms with Gasteiger partial charge in [0.2, 0.25) is 0 Å². The Balaban J connectivity index is 3.55. The fourth-order valence-corrected chi connectivity index (χ4v) is 1.42. The average molecular weight is 218 g/mol. The summed E-state index contributed by atoms with van der Waals surface area (Å²) in [4.78, 5) is 11.0. The monoisotopic (exact) mass is 218 g/mol. The van der Waals surface area contributed by atoms with Crippen LogP contribution in [-0.2, 0) is 6.18 Å². The Morgan fingerprint density at radius 1 is 1.33 bits per heavy atom. The number of carbonyl (C=O) groups excluding carboxylic acids is 1. The zero-order valence-electron chi connectivity index (χ0n) is 8.14. The van der Waals surface area contributed by atoms with E-state index in [9.17, 15) is 18.0 Å². The highest BCUT2D eigenvalue weighted by atomic mass is 19.4. The number of halogens is 3. The Kier molecular flexibility index (Phi) is 2.75. The third-order valence-electron chi connectivity index (χ3n) is 1.98. The lowest BCUT2D eigenvalue weighted by Crippen LogP contribution is -2.13. The van der Waals surface area contributed by atoms with E-state index in [4.69, 9.17) is 5.11 Å². The zero-order chi connectivity index (χ0) is 11.8. The fourth-order valence-electron chi connectivity index (χ4n) is 1.42. The first-order chi connectivity index (χ1) is 6.73. The minimum absolute atomic E-state index is 0.160. The van der Waals surface area contributed by atoms with Crippen molar-refractivity contribution in [1.29, 1.82) is 0 Å². The van der Waals surface area contributed by atoms with E-state index in [1.165, 1.54) is 6.92 Å². The largest absolute Gasteiger partial charge is 0.508 e. The predicted molar refractivity (Wildman–Crippen MR) is 47.9 cm³/mol. The van der Waals surface area contributed by atoms with Crippen LogP contribution in [0.5, 0.6) is 5.75 Å². The number of hydrogen-bond donors (Lipinski definition) is 1. The quantitative estimate of drug-likeness (QED) is 0.736. The van der Waals surface area contributed by atoms with Crippen molar-refractivity contribution >= 4 is 5.78 Å². The van der Waals surface area contributed by atoms with Crippen molar-refractivity contribution in [2.24, 2.45) is 0 Å². The van der Waals surface area contributed by atoms with Crippen molar-refractivity contribution in [1.82, 2.24) is 0 Å². The molecule has 0 spiro atoms. The smallest absolute Gasteiger partial charge is 0.417 e. The van der Waals surface area contributed by atoms with E-state index in [2.05, 4.69) is 0 Å². The third kappa shape index (κ3) is 2.29. The maximum atomic E-state index is 12.6. The van der Waals surface area contributed by atoms with Gasteiger partial charge in [0.15, 0.2) is 5.78 Å². The molecule has 0 amide bonds. The molecule has 0 aromatic heterocycles. The molecule has 15 heavy (non-hydrogen) atoms. The van der Waals surface area contributed by atoms with Gasteiger partial charge in [0.1, 0.15) is 5.75 Å². The molecule has 0 bridgehead atoms. The highest BCUT2D eigenvalue weighted by molar-refractivity contribution is 5.96. The molecule has 0 saturated heterocycles. The van der Waals surface area contributed by atoms with Gasteiger partial charge in [-0.05, 0) is 31.5 Å². The van der Waals surface area contributed by atoms with Crippen LogP contribution in [0.3, 0.4) is 0 Å². The minimum Gasteiger partial charge on any atom is -0.508 e. The molecule has 2 nitrogen and oxygen atoms in total. The van der Waals surface area contributed by atoms with Crippen molar-refractivity contribution in [3.05, 3.63) is 28.8 Å². The molecule has 0 unspecified atom stereocenters. The van der Waals surface area contributed by atoms with Crippen LogP contribution in [0.2, 0.25) is 0 Å².